The highest BCUT2D eigenvalue weighted by Crippen LogP contribution is 2.22. The fraction of sp³-hybridized carbons (Fsp3) is 0.800. The van der Waals surface area contributed by atoms with Gasteiger partial charge >= 0.3 is 6.18 Å². The first-order chi connectivity index (χ1) is 4.89. The number of hydrogen-bond acceptors (Lipinski definition) is 1. The topological polar surface area (TPSA) is 29.1 Å². The molecule has 2 nitrogen and oxygen atoms in total. The summed E-state index contributed by atoms with van der Waals surface area (Å²) in [6.07, 6.45) is -8.51. The Hall–Kier alpha value is -0.810. The summed E-state index contributed by atoms with van der Waals surface area (Å²) in [7, 11) is 0. The molecule has 66 valence electrons. The summed E-state index contributed by atoms with van der Waals surface area (Å²) in [5.41, 5.74) is 0. The SMILES string of the molecule is CCNC(=O)C(F)C(F)(F)F. The van der Waals surface area contributed by atoms with Gasteiger partial charge in [-0.3, -0.25) is 4.79 Å². The molecule has 11 heavy (non-hydrogen) atoms. The van der Waals surface area contributed by atoms with Crippen LogP contribution in [-0.4, -0.2) is 24.8 Å². The maximum Gasteiger partial charge on any atom is 0.428 e. The van der Waals surface area contributed by atoms with E-state index in [2.05, 4.69) is 0 Å². The second kappa shape index (κ2) is 3.54. The van der Waals surface area contributed by atoms with Gasteiger partial charge in [0, 0.05) is 6.54 Å². The molecule has 0 aliphatic carbocycles. The van der Waals surface area contributed by atoms with Gasteiger partial charge in [-0.25, -0.2) is 4.39 Å². The average molecular weight is 173 g/mol. The number of carbonyl (C=O) groups is 1. The molecule has 0 rings (SSSR count). The highest BCUT2D eigenvalue weighted by molar-refractivity contribution is 5.81. The van der Waals surface area contributed by atoms with E-state index < -0.39 is 18.3 Å². The van der Waals surface area contributed by atoms with Gasteiger partial charge in [-0.1, -0.05) is 0 Å². The molecule has 0 fully saturated rings. The molecule has 1 N–H and O–H groups in total. The third-order valence-electron chi connectivity index (χ3n) is 0.869. The second-order valence-electron chi connectivity index (χ2n) is 1.80. The summed E-state index contributed by atoms with van der Waals surface area (Å²) in [5.74, 6) is -1.64. The van der Waals surface area contributed by atoms with Crippen LogP contribution in [0.15, 0.2) is 0 Å². The molecule has 1 atom stereocenters. The van der Waals surface area contributed by atoms with Gasteiger partial charge in [0.2, 0.25) is 0 Å². The molecule has 0 saturated heterocycles. The molecule has 0 radical (unpaired) electrons. The first-order valence-corrected chi connectivity index (χ1v) is 2.88. The third-order valence-corrected chi connectivity index (χ3v) is 0.869. The van der Waals surface area contributed by atoms with Crippen LogP contribution in [0, 0.1) is 0 Å². The fourth-order valence-corrected chi connectivity index (χ4v) is 0.412. The van der Waals surface area contributed by atoms with Crippen molar-refractivity contribution in [3.8, 4) is 0 Å². The zero-order valence-electron chi connectivity index (χ0n) is 5.70. The van der Waals surface area contributed by atoms with Crippen molar-refractivity contribution in [2.45, 2.75) is 19.3 Å². The van der Waals surface area contributed by atoms with E-state index in [9.17, 15) is 22.4 Å². The highest BCUT2D eigenvalue weighted by Gasteiger charge is 2.45. The van der Waals surface area contributed by atoms with Gasteiger partial charge in [0.15, 0.2) is 0 Å². The number of carbonyl (C=O) groups excluding carboxylic acids is 1. The Morgan fingerprint density at radius 3 is 2.27 bits per heavy atom. The molecular weight excluding hydrogens is 166 g/mol. The minimum atomic E-state index is -5.10. The summed E-state index contributed by atoms with van der Waals surface area (Å²) in [6, 6.07) is 0. The summed E-state index contributed by atoms with van der Waals surface area (Å²) in [5, 5.41) is 1.72. The predicted molar refractivity (Wildman–Crippen MR) is 29.6 cm³/mol. The zero-order chi connectivity index (χ0) is 9.07. The molecule has 1 amide bonds. The van der Waals surface area contributed by atoms with Crippen molar-refractivity contribution < 1.29 is 22.4 Å². The van der Waals surface area contributed by atoms with Gasteiger partial charge in [0.05, 0.1) is 0 Å². The van der Waals surface area contributed by atoms with E-state index in [0.29, 0.717) is 0 Å². The average Bonchev–Trinajstić information content (AvgIpc) is 1.85. The van der Waals surface area contributed by atoms with E-state index in [1.165, 1.54) is 6.92 Å². The molecule has 0 aliphatic heterocycles. The van der Waals surface area contributed by atoms with Gasteiger partial charge in [0.1, 0.15) is 0 Å². The van der Waals surface area contributed by atoms with Gasteiger partial charge in [-0.05, 0) is 6.92 Å². The molecule has 0 spiro atoms. The Morgan fingerprint density at radius 1 is 1.55 bits per heavy atom. The zero-order valence-corrected chi connectivity index (χ0v) is 5.70. The maximum absolute atomic E-state index is 12.0. The van der Waals surface area contributed by atoms with Crippen molar-refractivity contribution in [3.63, 3.8) is 0 Å². The number of amides is 1. The van der Waals surface area contributed by atoms with Crippen LogP contribution in [0.3, 0.4) is 0 Å². The molecule has 0 saturated carbocycles. The Balaban J connectivity index is 4.03. The summed E-state index contributed by atoms with van der Waals surface area (Å²) in [6.45, 7) is 1.39. The van der Waals surface area contributed by atoms with Crippen LogP contribution in [0.4, 0.5) is 17.6 Å². The van der Waals surface area contributed by atoms with Crippen LogP contribution in [0.25, 0.3) is 0 Å². The normalized spacial score (nSPS) is 14.3. The molecule has 0 aliphatic rings. The Morgan fingerprint density at radius 2 is 2.00 bits per heavy atom. The summed E-state index contributed by atoms with van der Waals surface area (Å²) < 4.78 is 46.1. The van der Waals surface area contributed by atoms with Crippen LogP contribution < -0.4 is 5.32 Å². The number of alkyl halides is 4. The Kier molecular flexibility index (Phi) is 3.28. The molecule has 0 heterocycles. The molecule has 1 unspecified atom stereocenters. The quantitative estimate of drug-likeness (QED) is 0.620. The number of nitrogens with one attached hydrogen (secondary N) is 1. The smallest absolute Gasteiger partial charge is 0.354 e. The van der Waals surface area contributed by atoms with Gasteiger partial charge in [-0.15, -0.1) is 0 Å². The van der Waals surface area contributed by atoms with Crippen LogP contribution in [0.2, 0.25) is 0 Å². The van der Waals surface area contributed by atoms with E-state index in [1.54, 1.807) is 5.32 Å². The standard InChI is InChI=1S/C5H7F4NO/c1-2-10-4(11)3(6)5(7,8)9/h3H,2H2,1H3,(H,10,11). The van der Waals surface area contributed by atoms with Crippen molar-refractivity contribution in [1.82, 2.24) is 5.32 Å². The molecule has 0 aromatic rings. The second-order valence-corrected chi connectivity index (χ2v) is 1.80. The molecule has 0 bridgehead atoms. The number of rotatable bonds is 2. The molecular formula is C5H7F4NO. The third kappa shape index (κ3) is 3.20. The van der Waals surface area contributed by atoms with Crippen LogP contribution in [0.1, 0.15) is 6.92 Å². The van der Waals surface area contributed by atoms with Crippen molar-refractivity contribution in [2.75, 3.05) is 6.54 Å². The Bertz CT molecular complexity index is 144. The lowest BCUT2D eigenvalue weighted by Gasteiger charge is -2.10. The van der Waals surface area contributed by atoms with Crippen molar-refractivity contribution in [1.29, 1.82) is 0 Å². The fourth-order valence-electron chi connectivity index (χ4n) is 0.412. The van der Waals surface area contributed by atoms with Crippen LogP contribution >= 0.6 is 0 Å². The lowest BCUT2D eigenvalue weighted by Crippen LogP contribution is -2.40. The summed E-state index contributed by atoms with van der Waals surface area (Å²) in [4.78, 5) is 10.2. The number of halogens is 4. The van der Waals surface area contributed by atoms with E-state index in [-0.39, 0.29) is 6.54 Å². The van der Waals surface area contributed by atoms with E-state index in [1.807, 2.05) is 0 Å². The van der Waals surface area contributed by atoms with Crippen molar-refractivity contribution >= 4 is 5.91 Å². The lowest BCUT2D eigenvalue weighted by atomic mass is 10.3. The predicted octanol–water partition coefficient (Wildman–Crippen LogP) is 1.02. The van der Waals surface area contributed by atoms with E-state index in [4.69, 9.17) is 0 Å². The summed E-state index contributed by atoms with van der Waals surface area (Å²) >= 11 is 0. The van der Waals surface area contributed by atoms with Gasteiger partial charge < -0.3 is 5.32 Å². The van der Waals surface area contributed by atoms with E-state index in [0.717, 1.165) is 0 Å². The largest absolute Gasteiger partial charge is 0.428 e. The molecule has 0 aromatic heterocycles. The van der Waals surface area contributed by atoms with Crippen LogP contribution in [-0.2, 0) is 4.79 Å². The van der Waals surface area contributed by atoms with E-state index >= 15 is 0 Å². The van der Waals surface area contributed by atoms with Crippen molar-refractivity contribution in [3.05, 3.63) is 0 Å². The maximum atomic E-state index is 12.0. The minimum absolute atomic E-state index is 0.0185. The first kappa shape index (κ1) is 10.2. The highest BCUT2D eigenvalue weighted by atomic mass is 19.4. The minimum Gasteiger partial charge on any atom is -0.354 e. The Labute approximate surface area is 60.6 Å². The number of hydrogen-bond donors (Lipinski definition) is 1. The molecule has 6 heteroatoms. The first-order valence-electron chi connectivity index (χ1n) is 2.88. The van der Waals surface area contributed by atoms with Crippen LogP contribution in [0.5, 0.6) is 0 Å². The van der Waals surface area contributed by atoms with Gasteiger partial charge in [-0.2, -0.15) is 13.2 Å². The lowest BCUT2D eigenvalue weighted by molar-refractivity contribution is -0.186. The van der Waals surface area contributed by atoms with Crippen molar-refractivity contribution in [2.24, 2.45) is 0 Å². The monoisotopic (exact) mass is 173 g/mol. The molecule has 0 aromatic carbocycles. The van der Waals surface area contributed by atoms with Gasteiger partial charge in [0.25, 0.3) is 12.1 Å².